The van der Waals surface area contributed by atoms with Crippen molar-refractivity contribution in [1.29, 1.82) is 0 Å². The van der Waals surface area contributed by atoms with Gasteiger partial charge in [0.25, 0.3) is 0 Å². The van der Waals surface area contributed by atoms with Crippen LogP contribution in [0, 0.1) is 5.92 Å². The van der Waals surface area contributed by atoms with Crippen LogP contribution in [0.1, 0.15) is 12.1 Å². The van der Waals surface area contributed by atoms with Gasteiger partial charge in [-0.3, -0.25) is 9.20 Å². The normalized spacial score (nSPS) is 21.8. The number of rotatable bonds is 2. The maximum atomic E-state index is 11.6. The Bertz CT molecular complexity index is 488. The summed E-state index contributed by atoms with van der Waals surface area (Å²) in [5, 5.41) is 2.00. The second-order valence-corrected chi connectivity index (χ2v) is 4.89. The van der Waals surface area contributed by atoms with E-state index < -0.39 is 0 Å². The van der Waals surface area contributed by atoms with E-state index in [1.807, 2.05) is 22.2 Å². The van der Waals surface area contributed by atoms with Crippen molar-refractivity contribution < 1.29 is 9.53 Å². The van der Waals surface area contributed by atoms with Crippen molar-refractivity contribution in [3.63, 3.8) is 0 Å². The molecule has 5 heteroatoms. The Kier molecular flexibility index (Phi) is 2.49. The second-order valence-electron chi connectivity index (χ2n) is 4.02. The molecule has 1 aliphatic rings. The van der Waals surface area contributed by atoms with Crippen LogP contribution in [0.3, 0.4) is 0 Å². The molecule has 0 spiro atoms. The molecule has 0 aliphatic carbocycles. The maximum absolute atomic E-state index is 11.6. The zero-order valence-corrected chi connectivity index (χ0v) is 9.57. The highest BCUT2D eigenvalue weighted by Crippen LogP contribution is 2.18. The molecule has 84 valence electrons. The number of ether oxygens (including phenoxy) is 1. The molecule has 3 rings (SSSR count). The fourth-order valence-corrected chi connectivity index (χ4v) is 2.71. The van der Waals surface area contributed by atoms with Crippen LogP contribution >= 0.6 is 11.3 Å². The van der Waals surface area contributed by atoms with Gasteiger partial charge in [-0.2, -0.15) is 0 Å². The molecular weight excluding hydrogens is 224 g/mol. The van der Waals surface area contributed by atoms with E-state index >= 15 is 0 Å². The predicted octanol–water partition coefficient (Wildman–Crippen LogP) is 1.54. The molecule has 0 N–H and O–H groups in total. The van der Waals surface area contributed by atoms with E-state index in [-0.39, 0.29) is 5.92 Å². The van der Waals surface area contributed by atoms with Gasteiger partial charge in [0.05, 0.1) is 18.9 Å². The first kappa shape index (κ1) is 9.99. The molecule has 0 aromatic carbocycles. The Labute approximate surface area is 96.9 Å². The van der Waals surface area contributed by atoms with E-state index in [4.69, 9.17) is 4.74 Å². The van der Waals surface area contributed by atoms with Gasteiger partial charge in [0.1, 0.15) is 5.78 Å². The Morgan fingerprint density at radius 3 is 3.38 bits per heavy atom. The molecule has 0 radical (unpaired) electrons. The van der Waals surface area contributed by atoms with Gasteiger partial charge in [-0.15, -0.1) is 11.3 Å². The number of Topliss-reactive ketones (excluding diaryl/α,β-unsaturated/α-hetero) is 1. The van der Waals surface area contributed by atoms with Crippen molar-refractivity contribution in [1.82, 2.24) is 9.38 Å². The largest absolute Gasteiger partial charge is 0.380 e. The molecule has 1 aliphatic heterocycles. The van der Waals surface area contributed by atoms with E-state index in [9.17, 15) is 4.79 Å². The molecule has 0 saturated carbocycles. The number of carbonyl (C=O) groups excluding carboxylic acids is 1. The van der Waals surface area contributed by atoms with Crippen molar-refractivity contribution in [3.8, 4) is 0 Å². The standard InChI is InChI=1S/C11H12N2O2S/c14-10-1-3-15-7-8(10)5-9-6-13-2-4-16-11(13)12-9/h2,4,6,8H,1,3,5,7H2. The number of hydrogen-bond acceptors (Lipinski definition) is 4. The molecule has 3 heterocycles. The van der Waals surface area contributed by atoms with Gasteiger partial charge in [-0.05, 0) is 0 Å². The topological polar surface area (TPSA) is 43.6 Å². The van der Waals surface area contributed by atoms with Crippen LogP contribution in [-0.4, -0.2) is 28.4 Å². The molecule has 1 saturated heterocycles. The van der Waals surface area contributed by atoms with Gasteiger partial charge in [0.15, 0.2) is 4.96 Å². The van der Waals surface area contributed by atoms with Crippen LogP contribution in [0.5, 0.6) is 0 Å². The molecule has 2 aromatic heterocycles. The maximum Gasteiger partial charge on any atom is 0.193 e. The van der Waals surface area contributed by atoms with Crippen molar-refractivity contribution in [3.05, 3.63) is 23.5 Å². The summed E-state index contributed by atoms with van der Waals surface area (Å²) >= 11 is 1.61. The van der Waals surface area contributed by atoms with Gasteiger partial charge in [-0.25, -0.2) is 4.98 Å². The summed E-state index contributed by atoms with van der Waals surface area (Å²) in [4.78, 5) is 17.1. The van der Waals surface area contributed by atoms with Gasteiger partial charge in [-0.1, -0.05) is 0 Å². The van der Waals surface area contributed by atoms with Crippen LogP contribution in [0.15, 0.2) is 17.8 Å². The van der Waals surface area contributed by atoms with Crippen LogP contribution in [0.2, 0.25) is 0 Å². The number of nitrogens with zero attached hydrogens (tertiary/aromatic N) is 2. The van der Waals surface area contributed by atoms with E-state index in [0.29, 0.717) is 31.8 Å². The van der Waals surface area contributed by atoms with Crippen molar-refractivity contribution >= 4 is 22.1 Å². The molecule has 1 fully saturated rings. The lowest BCUT2D eigenvalue weighted by Gasteiger charge is -2.19. The summed E-state index contributed by atoms with van der Waals surface area (Å²) in [5.74, 6) is 0.306. The fourth-order valence-electron chi connectivity index (χ4n) is 2.00. The lowest BCUT2D eigenvalue weighted by molar-refractivity contribution is -0.130. The fraction of sp³-hybridized carbons (Fsp3) is 0.455. The third kappa shape index (κ3) is 1.76. The smallest absolute Gasteiger partial charge is 0.193 e. The van der Waals surface area contributed by atoms with E-state index in [0.717, 1.165) is 10.7 Å². The summed E-state index contributed by atoms with van der Waals surface area (Å²) in [5.41, 5.74) is 0.982. The highest BCUT2D eigenvalue weighted by Gasteiger charge is 2.24. The molecule has 0 amide bonds. The third-order valence-corrected chi connectivity index (χ3v) is 3.64. The van der Waals surface area contributed by atoms with Crippen LogP contribution in [0.4, 0.5) is 0 Å². The Morgan fingerprint density at radius 1 is 1.62 bits per heavy atom. The average Bonchev–Trinajstić information content (AvgIpc) is 2.81. The minimum Gasteiger partial charge on any atom is -0.380 e. The number of aromatic nitrogens is 2. The lowest BCUT2D eigenvalue weighted by atomic mass is 9.96. The Balaban J connectivity index is 1.78. The first-order chi connectivity index (χ1) is 7.83. The van der Waals surface area contributed by atoms with Crippen LogP contribution in [0.25, 0.3) is 4.96 Å². The van der Waals surface area contributed by atoms with Crippen molar-refractivity contribution in [2.75, 3.05) is 13.2 Å². The first-order valence-electron chi connectivity index (χ1n) is 5.34. The third-order valence-electron chi connectivity index (χ3n) is 2.87. The number of ketones is 1. The Hall–Kier alpha value is -1.20. The number of thiazole rings is 1. The number of fused-ring (bicyclic) bond motifs is 1. The summed E-state index contributed by atoms with van der Waals surface area (Å²) in [6.45, 7) is 1.12. The molecule has 1 unspecified atom stereocenters. The highest BCUT2D eigenvalue weighted by atomic mass is 32.1. The lowest BCUT2D eigenvalue weighted by Crippen LogP contribution is -2.29. The minimum atomic E-state index is -0.00152. The monoisotopic (exact) mass is 236 g/mol. The van der Waals surface area contributed by atoms with Gasteiger partial charge in [0, 0.05) is 36.5 Å². The SMILES string of the molecule is O=C1CCOCC1Cc1cn2ccsc2n1. The molecule has 0 bridgehead atoms. The Morgan fingerprint density at radius 2 is 2.56 bits per heavy atom. The minimum absolute atomic E-state index is 0.00152. The van der Waals surface area contributed by atoms with E-state index in [1.165, 1.54) is 0 Å². The summed E-state index contributed by atoms with van der Waals surface area (Å²) in [6, 6.07) is 0. The second kappa shape index (κ2) is 3.99. The summed E-state index contributed by atoms with van der Waals surface area (Å²) in [6.07, 6.45) is 5.23. The number of carbonyl (C=O) groups is 1. The van der Waals surface area contributed by atoms with E-state index in [2.05, 4.69) is 4.98 Å². The summed E-state index contributed by atoms with van der Waals surface area (Å²) in [7, 11) is 0. The van der Waals surface area contributed by atoms with Gasteiger partial charge < -0.3 is 4.74 Å². The van der Waals surface area contributed by atoms with Crippen molar-refractivity contribution in [2.24, 2.45) is 5.92 Å². The quantitative estimate of drug-likeness (QED) is 0.794. The highest BCUT2D eigenvalue weighted by molar-refractivity contribution is 7.15. The van der Waals surface area contributed by atoms with E-state index in [1.54, 1.807) is 11.3 Å². The summed E-state index contributed by atoms with van der Waals surface area (Å²) < 4.78 is 7.32. The molecule has 2 aromatic rings. The van der Waals surface area contributed by atoms with Crippen LogP contribution < -0.4 is 0 Å². The van der Waals surface area contributed by atoms with Crippen molar-refractivity contribution in [2.45, 2.75) is 12.8 Å². The predicted molar refractivity (Wildman–Crippen MR) is 60.7 cm³/mol. The average molecular weight is 236 g/mol. The number of hydrogen-bond donors (Lipinski definition) is 0. The molecule has 1 atom stereocenters. The zero-order chi connectivity index (χ0) is 11.0. The molecule has 4 nitrogen and oxygen atoms in total. The molecular formula is C11H12N2O2S. The first-order valence-corrected chi connectivity index (χ1v) is 6.22. The van der Waals surface area contributed by atoms with Crippen LogP contribution in [-0.2, 0) is 16.0 Å². The van der Waals surface area contributed by atoms with Gasteiger partial charge in [0.2, 0.25) is 0 Å². The number of imidazole rings is 1. The molecule has 16 heavy (non-hydrogen) atoms. The van der Waals surface area contributed by atoms with Gasteiger partial charge >= 0.3 is 0 Å². The zero-order valence-electron chi connectivity index (χ0n) is 8.76.